The highest BCUT2D eigenvalue weighted by Crippen LogP contribution is 2.34. The van der Waals surface area contributed by atoms with Crippen molar-refractivity contribution in [2.24, 2.45) is 0 Å². The van der Waals surface area contributed by atoms with Gasteiger partial charge in [0.05, 0.1) is 23.0 Å². The molecule has 3 nitrogen and oxygen atoms in total. The summed E-state index contributed by atoms with van der Waals surface area (Å²) in [4.78, 5) is 4.08. The van der Waals surface area contributed by atoms with Gasteiger partial charge in [0.1, 0.15) is 5.82 Å². The highest BCUT2D eigenvalue weighted by atomic mass is 19.1. The van der Waals surface area contributed by atoms with Crippen LogP contribution in [0, 0.1) is 12.7 Å². The summed E-state index contributed by atoms with van der Waals surface area (Å²) in [6, 6.07) is 3.39. The van der Waals surface area contributed by atoms with Gasteiger partial charge in [-0.05, 0) is 32.4 Å². The molecule has 0 fully saturated rings. The molecule has 2 rings (SSSR count). The van der Waals surface area contributed by atoms with Gasteiger partial charge in [-0.15, -0.1) is 0 Å². The number of nitrogen functional groups attached to an aromatic ring is 1. The minimum absolute atomic E-state index is 0.300. The number of aliphatic hydroxyl groups is 1. The molecular formula is C13H15FN2O. The summed E-state index contributed by atoms with van der Waals surface area (Å²) in [5.41, 5.74) is 6.30. The number of pyridine rings is 1. The number of hydrogen-bond donors (Lipinski definition) is 2. The highest BCUT2D eigenvalue weighted by Gasteiger charge is 2.25. The average molecular weight is 234 g/mol. The zero-order valence-electron chi connectivity index (χ0n) is 10.1. The maximum atomic E-state index is 14.2. The third kappa shape index (κ3) is 1.85. The maximum absolute atomic E-state index is 14.2. The van der Waals surface area contributed by atoms with E-state index in [0.717, 1.165) is 0 Å². The molecule has 0 atom stereocenters. The summed E-state index contributed by atoms with van der Waals surface area (Å²) in [5, 5.41) is 10.4. The first-order chi connectivity index (χ1) is 7.82. The van der Waals surface area contributed by atoms with E-state index in [4.69, 9.17) is 5.73 Å². The largest absolute Gasteiger partial charge is 0.397 e. The first kappa shape index (κ1) is 11.8. The van der Waals surface area contributed by atoms with E-state index in [1.807, 2.05) is 0 Å². The Morgan fingerprint density at radius 1 is 1.35 bits per heavy atom. The summed E-state index contributed by atoms with van der Waals surface area (Å²) >= 11 is 0. The fourth-order valence-corrected chi connectivity index (χ4v) is 2.02. The van der Waals surface area contributed by atoms with Crippen LogP contribution in [0.5, 0.6) is 0 Å². The first-order valence-corrected chi connectivity index (χ1v) is 5.38. The lowest BCUT2D eigenvalue weighted by Crippen LogP contribution is -2.19. The van der Waals surface area contributed by atoms with E-state index >= 15 is 0 Å². The molecule has 0 bridgehead atoms. The van der Waals surface area contributed by atoms with Crippen molar-refractivity contribution in [2.75, 3.05) is 5.73 Å². The predicted octanol–water partition coefficient (Wildman–Crippen LogP) is 2.49. The number of benzene rings is 1. The molecule has 0 aliphatic heterocycles. The van der Waals surface area contributed by atoms with Gasteiger partial charge >= 0.3 is 0 Å². The Bertz CT molecular complexity index is 583. The molecule has 0 amide bonds. The third-order valence-electron chi connectivity index (χ3n) is 2.81. The van der Waals surface area contributed by atoms with Crippen LogP contribution in [0.3, 0.4) is 0 Å². The molecule has 4 heteroatoms. The second-order valence-electron chi connectivity index (χ2n) is 4.74. The Labute approximate surface area is 99.1 Å². The van der Waals surface area contributed by atoms with E-state index < -0.39 is 5.60 Å². The quantitative estimate of drug-likeness (QED) is 0.797. The smallest absolute Gasteiger partial charge is 0.135 e. The van der Waals surface area contributed by atoms with Crippen molar-refractivity contribution in [2.45, 2.75) is 26.4 Å². The van der Waals surface area contributed by atoms with E-state index in [2.05, 4.69) is 4.98 Å². The molecule has 0 unspecified atom stereocenters. The van der Waals surface area contributed by atoms with Crippen molar-refractivity contribution in [3.8, 4) is 0 Å². The van der Waals surface area contributed by atoms with E-state index in [0.29, 0.717) is 27.7 Å². The molecule has 3 N–H and O–H groups in total. The van der Waals surface area contributed by atoms with Crippen LogP contribution in [0.15, 0.2) is 18.3 Å². The van der Waals surface area contributed by atoms with Crippen LogP contribution in [0.1, 0.15) is 25.0 Å². The zero-order valence-corrected chi connectivity index (χ0v) is 10.1. The lowest BCUT2D eigenvalue weighted by molar-refractivity contribution is 0.0807. The SMILES string of the molecule is Cc1ccc2ncc(N)c(C(C)(C)O)c2c1F. The normalized spacial score (nSPS) is 12.1. The van der Waals surface area contributed by atoms with Crippen LogP contribution < -0.4 is 5.73 Å². The number of fused-ring (bicyclic) bond motifs is 1. The Morgan fingerprint density at radius 3 is 2.59 bits per heavy atom. The minimum Gasteiger partial charge on any atom is -0.397 e. The number of nitrogens with two attached hydrogens (primary N) is 1. The standard InChI is InChI=1S/C13H15FN2O/c1-7-4-5-9-10(12(7)14)11(13(2,3)17)8(15)6-16-9/h4-6,17H,15H2,1-3H3. The molecule has 1 aromatic carbocycles. The fraction of sp³-hybridized carbons (Fsp3) is 0.308. The van der Waals surface area contributed by atoms with Crippen molar-refractivity contribution in [3.63, 3.8) is 0 Å². The maximum Gasteiger partial charge on any atom is 0.135 e. The predicted molar refractivity (Wildman–Crippen MR) is 66.1 cm³/mol. The van der Waals surface area contributed by atoms with Crippen molar-refractivity contribution < 1.29 is 9.50 Å². The van der Waals surface area contributed by atoms with E-state index in [9.17, 15) is 9.50 Å². The summed E-state index contributed by atoms with van der Waals surface area (Å²) in [7, 11) is 0. The molecule has 0 saturated heterocycles. The minimum atomic E-state index is -1.21. The van der Waals surface area contributed by atoms with Gasteiger partial charge in [-0.3, -0.25) is 4.98 Å². The number of aryl methyl sites for hydroxylation is 1. The Hall–Kier alpha value is -1.68. The molecule has 0 aliphatic rings. The van der Waals surface area contributed by atoms with Gasteiger partial charge in [0.15, 0.2) is 0 Å². The zero-order chi connectivity index (χ0) is 12.8. The molecule has 0 aliphatic carbocycles. The van der Waals surface area contributed by atoms with Crippen molar-refractivity contribution in [1.29, 1.82) is 0 Å². The lowest BCUT2D eigenvalue weighted by Gasteiger charge is -2.22. The molecule has 2 aromatic rings. The number of nitrogens with zero attached hydrogens (tertiary/aromatic N) is 1. The van der Waals surface area contributed by atoms with Gasteiger partial charge in [-0.1, -0.05) is 6.07 Å². The van der Waals surface area contributed by atoms with Crippen molar-refractivity contribution >= 4 is 16.6 Å². The van der Waals surface area contributed by atoms with Crippen molar-refractivity contribution in [1.82, 2.24) is 4.98 Å². The number of hydrogen-bond acceptors (Lipinski definition) is 3. The average Bonchev–Trinajstić information content (AvgIpc) is 2.22. The van der Waals surface area contributed by atoms with Crippen LogP contribution in [-0.2, 0) is 5.60 Å². The van der Waals surface area contributed by atoms with Gasteiger partial charge in [0, 0.05) is 10.9 Å². The van der Waals surface area contributed by atoms with Crippen LogP contribution in [0.25, 0.3) is 10.9 Å². The molecule has 0 radical (unpaired) electrons. The number of anilines is 1. The highest BCUT2D eigenvalue weighted by molar-refractivity contribution is 5.88. The summed E-state index contributed by atoms with van der Waals surface area (Å²) in [6.07, 6.45) is 1.45. The third-order valence-corrected chi connectivity index (χ3v) is 2.81. The summed E-state index contributed by atoms with van der Waals surface area (Å²) in [5.74, 6) is -0.376. The lowest BCUT2D eigenvalue weighted by atomic mass is 9.92. The second kappa shape index (κ2) is 3.67. The Balaban J connectivity index is 2.99. The topological polar surface area (TPSA) is 59.1 Å². The van der Waals surface area contributed by atoms with Gasteiger partial charge in [0.2, 0.25) is 0 Å². The molecule has 1 heterocycles. The molecule has 0 saturated carbocycles. The van der Waals surface area contributed by atoms with Crippen LogP contribution in [0.4, 0.5) is 10.1 Å². The number of halogens is 1. The Morgan fingerprint density at radius 2 is 2.00 bits per heavy atom. The van der Waals surface area contributed by atoms with Crippen molar-refractivity contribution in [3.05, 3.63) is 35.3 Å². The molecule has 90 valence electrons. The summed E-state index contributed by atoms with van der Waals surface area (Å²) in [6.45, 7) is 4.84. The van der Waals surface area contributed by atoms with E-state index in [-0.39, 0.29) is 5.82 Å². The summed E-state index contributed by atoms with van der Waals surface area (Å²) < 4.78 is 14.2. The Kier molecular flexibility index (Phi) is 2.54. The van der Waals surface area contributed by atoms with Crippen LogP contribution in [-0.4, -0.2) is 10.1 Å². The van der Waals surface area contributed by atoms with Gasteiger partial charge in [-0.2, -0.15) is 0 Å². The van der Waals surface area contributed by atoms with E-state index in [1.54, 1.807) is 32.9 Å². The molecular weight excluding hydrogens is 219 g/mol. The van der Waals surface area contributed by atoms with Gasteiger partial charge < -0.3 is 10.8 Å². The fourth-order valence-electron chi connectivity index (χ4n) is 2.02. The molecule has 17 heavy (non-hydrogen) atoms. The van der Waals surface area contributed by atoms with Crippen LogP contribution in [0.2, 0.25) is 0 Å². The van der Waals surface area contributed by atoms with E-state index in [1.165, 1.54) is 6.20 Å². The number of rotatable bonds is 1. The van der Waals surface area contributed by atoms with Gasteiger partial charge in [0.25, 0.3) is 0 Å². The van der Waals surface area contributed by atoms with Gasteiger partial charge in [-0.25, -0.2) is 4.39 Å². The number of aromatic nitrogens is 1. The first-order valence-electron chi connectivity index (χ1n) is 5.38. The molecule has 1 aromatic heterocycles. The molecule has 0 spiro atoms. The second-order valence-corrected chi connectivity index (χ2v) is 4.74. The van der Waals surface area contributed by atoms with Crippen LogP contribution >= 0.6 is 0 Å². The monoisotopic (exact) mass is 234 g/mol.